The van der Waals surface area contributed by atoms with Crippen LogP contribution in [0.4, 0.5) is 10.3 Å². The van der Waals surface area contributed by atoms with E-state index in [-0.39, 0.29) is 24.9 Å². The van der Waals surface area contributed by atoms with Crippen molar-refractivity contribution in [2.75, 3.05) is 37.8 Å². The highest BCUT2D eigenvalue weighted by atomic mass is 19.1. The molecule has 1 fully saturated rings. The van der Waals surface area contributed by atoms with Gasteiger partial charge in [0.1, 0.15) is 11.6 Å². The lowest BCUT2D eigenvalue weighted by Crippen LogP contribution is -2.37. The number of nitrogens with zero attached hydrogens (tertiary/aromatic N) is 3. The van der Waals surface area contributed by atoms with Crippen LogP contribution in [0.2, 0.25) is 0 Å². The number of aromatic nitrogens is 2. The predicted molar refractivity (Wildman–Crippen MR) is 93.5 cm³/mol. The first-order valence-electron chi connectivity index (χ1n) is 8.42. The third-order valence-electron chi connectivity index (χ3n) is 3.84. The Morgan fingerprint density at radius 3 is 2.73 bits per heavy atom. The Bertz CT molecular complexity index is 749. The molecule has 0 atom stereocenters. The summed E-state index contributed by atoms with van der Waals surface area (Å²) in [6.07, 6.45) is 0. The first kappa shape index (κ1) is 18.1. The molecule has 1 saturated heterocycles. The van der Waals surface area contributed by atoms with Gasteiger partial charge in [-0.15, -0.1) is 0 Å². The molecule has 0 bridgehead atoms. The van der Waals surface area contributed by atoms with Crippen LogP contribution < -0.4 is 15.0 Å². The lowest BCUT2D eigenvalue weighted by atomic mass is 10.3. The first-order chi connectivity index (χ1) is 12.6. The molecular formula is C18H21FN4O3. The second kappa shape index (κ2) is 8.57. The summed E-state index contributed by atoms with van der Waals surface area (Å²) in [7, 11) is 0. The second-order valence-corrected chi connectivity index (χ2v) is 5.92. The van der Waals surface area contributed by atoms with Crippen molar-refractivity contribution >= 4 is 11.9 Å². The maximum atomic E-state index is 12.8. The molecule has 3 rings (SSSR count). The highest BCUT2D eigenvalue weighted by Crippen LogP contribution is 2.13. The molecule has 0 radical (unpaired) electrons. The first-order valence-corrected chi connectivity index (χ1v) is 8.42. The maximum Gasteiger partial charge on any atom is 0.258 e. The van der Waals surface area contributed by atoms with Crippen molar-refractivity contribution in [3.63, 3.8) is 0 Å². The van der Waals surface area contributed by atoms with Crippen LogP contribution in [-0.4, -0.2) is 48.8 Å². The van der Waals surface area contributed by atoms with Crippen LogP contribution in [0.3, 0.4) is 0 Å². The molecular weight excluding hydrogens is 339 g/mol. The van der Waals surface area contributed by atoms with E-state index in [1.54, 1.807) is 0 Å². The van der Waals surface area contributed by atoms with E-state index in [9.17, 15) is 9.18 Å². The zero-order chi connectivity index (χ0) is 18.4. The fourth-order valence-electron chi connectivity index (χ4n) is 2.53. The van der Waals surface area contributed by atoms with Gasteiger partial charge in [-0.1, -0.05) is 0 Å². The normalized spacial score (nSPS) is 14.2. The predicted octanol–water partition coefficient (Wildman–Crippen LogP) is 1.46. The van der Waals surface area contributed by atoms with E-state index in [1.165, 1.54) is 24.3 Å². The number of hydrogen-bond acceptors (Lipinski definition) is 6. The van der Waals surface area contributed by atoms with Gasteiger partial charge in [0.05, 0.1) is 25.5 Å². The van der Waals surface area contributed by atoms with Crippen molar-refractivity contribution in [3.8, 4) is 5.75 Å². The number of anilines is 1. The molecule has 1 aromatic heterocycles. The number of nitrogens with one attached hydrogen (secondary N) is 1. The third-order valence-corrected chi connectivity index (χ3v) is 3.84. The third kappa shape index (κ3) is 5.13. The summed E-state index contributed by atoms with van der Waals surface area (Å²) in [4.78, 5) is 23.0. The number of carbonyl (C=O) groups excluding carboxylic acids is 1. The number of amides is 1. The number of hydrogen-bond donors (Lipinski definition) is 1. The SMILES string of the molecule is Cc1cc(CNC(=O)COc2ccc(F)cc2)nc(N2CCOCC2)n1. The van der Waals surface area contributed by atoms with Crippen molar-refractivity contribution in [1.29, 1.82) is 0 Å². The molecule has 0 spiro atoms. The molecule has 1 aliphatic heterocycles. The number of carbonyl (C=O) groups is 1. The fraction of sp³-hybridized carbons (Fsp3) is 0.389. The summed E-state index contributed by atoms with van der Waals surface area (Å²) in [5.74, 6) is 0.463. The summed E-state index contributed by atoms with van der Waals surface area (Å²) >= 11 is 0. The summed E-state index contributed by atoms with van der Waals surface area (Å²) in [5, 5.41) is 2.77. The molecule has 0 aliphatic carbocycles. The Morgan fingerprint density at radius 2 is 2.00 bits per heavy atom. The minimum atomic E-state index is -0.350. The van der Waals surface area contributed by atoms with E-state index >= 15 is 0 Å². The van der Waals surface area contributed by atoms with Gasteiger partial charge in [0.15, 0.2) is 6.61 Å². The Kier molecular flexibility index (Phi) is 5.96. The number of morpholine rings is 1. The molecule has 8 heteroatoms. The van der Waals surface area contributed by atoms with Gasteiger partial charge in [0.25, 0.3) is 5.91 Å². The van der Waals surface area contributed by atoms with Crippen LogP contribution in [0, 0.1) is 12.7 Å². The summed E-state index contributed by atoms with van der Waals surface area (Å²) in [6, 6.07) is 7.36. The fourth-order valence-corrected chi connectivity index (χ4v) is 2.53. The van der Waals surface area contributed by atoms with Crippen molar-refractivity contribution in [2.45, 2.75) is 13.5 Å². The molecule has 1 amide bonds. The Balaban J connectivity index is 1.52. The molecule has 0 unspecified atom stereocenters. The van der Waals surface area contributed by atoms with Gasteiger partial charge >= 0.3 is 0 Å². The van der Waals surface area contributed by atoms with Crippen molar-refractivity contribution < 1.29 is 18.7 Å². The highest BCUT2D eigenvalue weighted by molar-refractivity contribution is 5.77. The number of halogens is 1. The minimum absolute atomic E-state index is 0.147. The van der Waals surface area contributed by atoms with E-state index in [2.05, 4.69) is 20.2 Å². The van der Waals surface area contributed by atoms with Gasteiger partial charge in [-0.05, 0) is 37.3 Å². The number of aryl methyl sites for hydroxylation is 1. The molecule has 138 valence electrons. The number of benzene rings is 1. The van der Waals surface area contributed by atoms with Gasteiger partial charge in [-0.2, -0.15) is 0 Å². The van der Waals surface area contributed by atoms with E-state index in [1.807, 2.05) is 13.0 Å². The second-order valence-electron chi connectivity index (χ2n) is 5.92. The van der Waals surface area contributed by atoms with Crippen LogP contribution in [0.5, 0.6) is 5.75 Å². The van der Waals surface area contributed by atoms with Crippen LogP contribution >= 0.6 is 0 Å². The number of rotatable bonds is 6. The average molecular weight is 360 g/mol. The van der Waals surface area contributed by atoms with Gasteiger partial charge in [-0.25, -0.2) is 14.4 Å². The number of ether oxygens (including phenoxy) is 2. The smallest absolute Gasteiger partial charge is 0.258 e. The van der Waals surface area contributed by atoms with E-state index < -0.39 is 0 Å². The largest absolute Gasteiger partial charge is 0.484 e. The molecule has 26 heavy (non-hydrogen) atoms. The monoisotopic (exact) mass is 360 g/mol. The molecule has 7 nitrogen and oxygen atoms in total. The van der Waals surface area contributed by atoms with Crippen LogP contribution in [0.15, 0.2) is 30.3 Å². The molecule has 0 saturated carbocycles. The molecule has 1 aromatic carbocycles. The molecule has 1 N–H and O–H groups in total. The van der Waals surface area contributed by atoms with Crippen LogP contribution in [0.25, 0.3) is 0 Å². The van der Waals surface area contributed by atoms with Gasteiger partial charge in [0, 0.05) is 18.8 Å². The summed E-state index contributed by atoms with van der Waals surface area (Å²) < 4.78 is 23.5. The molecule has 2 aromatic rings. The van der Waals surface area contributed by atoms with E-state index in [0.29, 0.717) is 24.9 Å². The Morgan fingerprint density at radius 1 is 1.27 bits per heavy atom. The minimum Gasteiger partial charge on any atom is -0.484 e. The summed E-state index contributed by atoms with van der Waals surface area (Å²) in [6.45, 7) is 4.85. The zero-order valence-electron chi connectivity index (χ0n) is 14.6. The topological polar surface area (TPSA) is 76.6 Å². The Hall–Kier alpha value is -2.74. The lowest BCUT2D eigenvalue weighted by Gasteiger charge is -2.27. The lowest BCUT2D eigenvalue weighted by molar-refractivity contribution is -0.123. The van der Waals surface area contributed by atoms with Gasteiger partial charge in [-0.3, -0.25) is 4.79 Å². The van der Waals surface area contributed by atoms with Crippen molar-refractivity contribution in [1.82, 2.24) is 15.3 Å². The van der Waals surface area contributed by atoms with Crippen LogP contribution in [0.1, 0.15) is 11.4 Å². The molecule has 1 aliphatic rings. The van der Waals surface area contributed by atoms with Gasteiger partial charge in [0.2, 0.25) is 5.95 Å². The Labute approximate surface area is 151 Å². The van der Waals surface area contributed by atoms with E-state index in [4.69, 9.17) is 9.47 Å². The van der Waals surface area contributed by atoms with Crippen LogP contribution in [-0.2, 0) is 16.1 Å². The van der Waals surface area contributed by atoms with Crippen molar-refractivity contribution in [3.05, 3.63) is 47.5 Å². The highest BCUT2D eigenvalue weighted by Gasteiger charge is 2.15. The zero-order valence-corrected chi connectivity index (χ0v) is 14.6. The van der Waals surface area contributed by atoms with E-state index in [0.717, 1.165) is 24.5 Å². The van der Waals surface area contributed by atoms with Crippen molar-refractivity contribution in [2.24, 2.45) is 0 Å². The maximum absolute atomic E-state index is 12.8. The summed E-state index contributed by atoms with van der Waals surface area (Å²) in [5.41, 5.74) is 1.57. The average Bonchev–Trinajstić information content (AvgIpc) is 2.66. The molecule has 2 heterocycles. The quantitative estimate of drug-likeness (QED) is 0.840. The standard InChI is InChI=1S/C18H21FN4O3/c1-13-10-15(22-18(21-13)23-6-8-25-9-7-23)11-20-17(24)12-26-16-4-2-14(19)3-5-16/h2-5,10H,6-9,11-12H2,1H3,(H,20,24). The van der Waals surface area contributed by atoms with Gasteiger partial charge < -0.3 is 19.7 Å².